The van der Waals surface area contributed by atoms with Crippen LogP contribution in [0.1, 0.15) is 25.7 Å². The molecule has 1 aliphatic heterocycles. The minimum absolute atomic E-state index is 0.275. The highest BCUT2D eigenvalue weighted by Crippen LogP contribution is 2.15. The smallest absolute Gasteiger partial charge is 0.303 e. The first kappa shape index (κ1) is 11.5. The van der Waals surface area contributed by atoms with Crippen LogP contribution in [-0.2, 0) is 4.79 Å². The number of hydrogen-bond acceptors (Lipinski definition) is 3. The zero-order valence-electron chi connectivity index (χ0n) is 8.48. The number of aliphatic hydroxyl groups is 1. The molecule has 4 nitrogen and oxygen atoms in total. The predicted octanol–water partition coefficient (Wildman–Crippen LogP) is 0.556. The van der Waals surface area contributed by atoms with Crippen LogP contribution in [0.15, 0.2) is 0 Å². The number of carboxylic acids is 1. The molecule has 0 aromatic rings. The van der Waals surface area contributed by atoms with E-state index in [1.165, 1.54) is 0 Å². The van der Waals surface area contributed by atoms with Gasteiger partial charge < -0.3 is 15.1 Å². The molecule has 0 amide bonds. The van der Waals surface area contributed by atoms with E-state index in [1.807, 2.05) is 0 Å². The number of aliphatic hydroxyl groups excluding tert-OH is 1. The molecule has 82 valence electrons. The Balaban J connectivity index is 2.00. The van der Waals surface area contributed by atoms with Gasteiger partial charge in [0.05, 0.1) is 0 Å². The summed E-state index contributed by atoms with van der Waals surface area (Å²) in [5.41, 5.74) is 0. The number of aliphatic carboxylic acids is 1. The van der Waals surface area contributed by atoms with E-state index in [9.17, 15) is 4.79 Å². The molecule has 1 unspecified atom stereocenters. The van der Waals surface area contributed by atoms with Crippen molar-refractivity contribution in [1.29, 1.82) is 0 Å². The van der Waals surface area contributed by atoms with Gasteiger partial charge in [-0.05, 0) is 38.3 Å². The van der Waals surface area contributed by atoms with Crippen LogP contribution in [-0.4, -0.2) is 47.3 Å². The Kier molecular flexibility index (Phi) is 4.90. The molecular formula is C10H19NO3. The van der Waals surface area contributed by atoms with Crippen molar-refractivity contribution in [2.45, 2.75) is 25.7 Å². The van der Waals surface area contributed by atoms with Crippen LogP contribution >= 0.6 is 0 Å². The van der Waals surface area contributed by atoms with Crippen molar-refractivity contribution < 1.29 is 15.0 Å². The maximum Gasteiger partial charge on any atom is 0.303 e. The molecule has 0 aromatic carbocycles. The Morgan fingerprint density at radius 3 is 2.79 bits per heavy atom. The van der Waals surface area contributed by atoms with Crippen molar-refractivity contribution in [2.75, 3.05) is 26.2 Å². The van der Waals surface area contributed by atoms with E-state index in [0.29, 0.717) is 5.92 Å². The van der Waals surface area contributed by atoms with Gasteiger partial charge in [0.25, 0.3) is 0 Å². The van der Waals surface area contributed by atoms with Gasteiger partial charge in [0.1, 0.15) is 0 Å². The summed E-state index contributed by atoms with van der Waals surface area (Å²) in [5.74, 6) is -0.269. The Labute approximate surface area is 84.5 Å². The van der Waals surface area contributed by atoms with Crippen LogP contribution in [0.3, 0.4) is 0 Å². The molecule has 0 saturated carbocycles. The van der Waals surface area contributed by atoms with Crippen molar-refractivity contribution in [3.8, 4) is 0 Å². The number of hydrogen-bond donors (Lipinski definition) is 2. The summed E-state index contributed by atoms with van der Waals surface area (Å²) in [6.07, 6.45) is 3.06. The lowest BCUT2D eigenvalue weighted by molar-refractivity contribution is -0.137. The fraction of sp³-hybridized carbons (Fsp3) is 0.900. The number of carbonyl (C=O) groups is 1. The topological polar surface area (TPSA) is 60.8 Å². The molecular weight excluding hydrogens is 182 g/mol. The van der Waals surface area contributed by atoms with Gasteiger partial charge in [-0.3, -0.25) is 4.79 Å². The first-order valence-corrected chi connectivity index (χ1v) is 5.27. The Morgan fingerprint density at radius 2 is 2.21 bits per heavy atom. The number of unbranched alkanes of at least 4 members (excludes halogenated alkanes) is 1. The normalized spacial score (nSPS) is 22.8. The minimum atomic E-state index is -0.709. The molecule has 1 saturated heterocycles. The third-order valence-corrected chi connectivity index (χ3v) is 2.74. The maximum absolute atomic E-state index is 10.2. The highest BCUT2D eigenvalue weighted by molar-refractivity contribution is 5.66. The van der Waals surface area contributed by atoms with Crippen LogP contribution in [0.5, 0.6) is 0 Å². The van der Waals surface area contributed by atoms with Gasteiger partial charge in [-0.1, -0.05) is 0 Å². The van der Waals surface area contributed by atoms with Crippen molar-refractivity contribution in [3.05, 3.63) is 0 Å². The van der Waals surface area contributed by atoms with Crippen LogP contribution in [0.2, 0.25) is 0 Å². The van der Waals surface area contributed by atoms with E-state index in [4.69, 9.17) is 10.2 Å². The summed E-state index contributed by atoms with van der Waals surface area (Å²) in [5, 5.41) is 17.4. The summed E-state index contributed by atoms with van der Waals surface area (Å²) in [6.45, 7) is 3.29. The minimum Gasteiger partial charge on any atom is -0.481 e. The van der Waals surface area contributed by atoms with Crippen LogP contribution in [0.25, 0.3) is 0 Å². The molecule has 4 heteroatoms. The molecule has 0 spiro atoms. The summed E-state index contributed by atoms with van der Waals surface area (Å²) in [7, 11) is 0. The summed E-state index contributed by atoms with van der Waals surface area (Å²) in [4.78, 5) is 12.6. The summed E-state index contributed by atoms with van der Waals surface area (Å²) < 4.78 is 0. The fourth-order valence-corrected chi connectivity index (χ4v) is 1.88. The van der Waals surface area contributed by atoms with Crippen molar-refractivity contribution >= 4 is 5.97 Å². The van der Waals surface area contributed by atoms with Gasteiger partial charge in [0, 0.05) is 19.6 Å². The molecule has 0 radical (unpaired) electrons. The largest absolute Gasteiger partial charge is 0.481 e. The van der Waals surface area contributed by atoms with E-state index in [2.05, 4.69) is 4.90 Å². The van der Waals surface area contributed by atoms with E-state index >= 15 is 0 Å². The van der Waals surface area contributed by atoms with Crippen molar-refractivity contribution in [2.24, 2.45) is 5.92 Å². The molecule has 1 heterocycles. The molecule has 1 atom stereocenters. The lowest BCUT2D eigenvalue weighted by atomic mass is 10.1. The third kappa shape index (κ3) is 4.07. The molecule has 0 bridgehead atoms. The van der Waals surface area contributed by atoms with Gasteiger partial charge in [-0.2, -0.15) is 0 Å². The second-order valence-electron chi connectivity index (χ2n) is 3.99. The highest BCUT2D eigenvalue weighted by atomic mass is 16.4. The average molecular weight is 201 g/mol. The number of likely N-dealkylation sites (tertiary alicyclic amines) is 1. The Morgan fingerprint density at radius 1 is 1.43 bits per heavy atom. The van der Waals surface area contributed by atoms with E-state index in [-0.39, 0.29) is 13.0 Å². The lowest BCUT2D eigenvalue weighted by Crippen LogP contribution is -2.22. The zero-order valence-corrected chi connectivity index (χ0v) is 8.48. The van der Waals surface area contributed by atoms with Crippen LogP contribution < -0.4 is 0 Å². The Hall–Kier alpha value is -0.610. The molecule has 2 N–H and O–H groups in total. The molecule has 0 aliphatic carbocycles. The SMILES string of the molecule is O=C(O)CCCCN1CCC(CO)C1. The zero-order chi connectivity index (χ0) is 10.4. The summed E-state index contributed by atoms with van der Waals surface area (Å²) in [6, 6.07) is 0. The quantitative estimate of drug-likeness (QED) is 0.616. The van der Waals surface area contributed by atoms with Gasteiger partial charge >= 0.3 is 5.97 Å². The second-order valence-corrected chi connectivity index (χ2v) is 3.99. The van der Waals surface area contributed by atoms with Crippen LogP contribution in [0.4, 0.5) is 0 Å². The van der Waals surface area contributed by atoms with Crippen LogP contribution in [0, 0.1) is 5.92 Å². The lowest BCUT2D eigenvalue weighted by Gasteiger charge is -2.14. The molecule has 1 aliphatic rings. The van der Waals surface area contributed by atoms with Crippen molar-refractivity contribution in [3.63, 3.8) is 0 Å². The first-order chi connectivity index (χ1) is 6.72. The van der Waals surface area contributed by atoms with Gasteiger partial charge in [-0.25, -0.2) is 0 Å². The first-order valence-electron chi connectivity index (χ1n) is 5.27. The Bertz CT molecular complexity index is 184. The number of rotatable bonds is 6. The molecule has 0 aromatic heterocycles. The van der Waals surface area contributed by atoms with E-state index in [0.717, 1.165) is 38.9 Å². The maximum atomic E-state index is 10.2. The molecule has 14 heavy (non-hydrogen) atoms. The number of carboxylic acid groups (broad SMARTS) is 1. The van der Waals surface area contributed by atoms with Gasteiger partial charge in [-0.15, -0.1) is 0 Å². The predicted molar refractivity (Wildman–Crippen MR) is 53.1 cm³/mol. The third-order valence-electron chi connectivity index (χ3n) is 2.74. The fourth-order valence-electron chi connectivity index (χ4n) is 1.88. The number of nitrogens with zero attached hydrogens (tertiary/aromatic N) is 1. The second kappa shape index (κ2) is 5.98. The average Bonchev–Trinajstić information content (AvgIpc) is 2.60. The standard InChI is InChI=1S/C10H19NO3/c12-8-9-4-6-11(7-9)5-2-1-3-10(13)14/h9,12H,1-8H2,(H,13,14). The highest BCUT2D eigenvalue weighted by Gasteiger charge is 2.20. The van der Waals surface area contributed by atoms with E-state index in [1.54, 1.807) is 0 Å². The van der Waals surface area contributed by atoms with E-state index < -0.39 is 5.97 Å². The van der Waals surface area contributed by atoms with Gasteiger partial charge in [0.2, 0.25) is 0 Å². The van der Waals surface area contributed by atoms with Crippen molar-refractivity contribution in [1.82, 2.24) is 4.90 Å². The molecule has 1 fully saturated rings. The monoisotopic (exact) mass is 201 g/mol. The van der Waals surface area contributed by atoms with Gasteiger partial charge in [0.15, 0.2) is 0 Å². The molecule has 1 rings (SSSR count). The summed E-state index contributed by atoms with van der Waals surface area (Å²) >= 11 is 0.